The van der Waals surface area contributed by atoms with Crippen LogP contribution in [0.25, 0.3) is 0 Å². The fraction of sp³-hybridized carbons (Fsp3) is 0.412. The second kappa shape index (κ2) is 8.93. The van der Waals surface area contributed by atoms with E-state index in [0.29, 0.717) is 5.56 Å². The van der Waals surface area contributed by atoms with Gasteiger partial charge in [0.2, 0.25) is 11.8 Å². The molecule has 0 heterocycles. The molecule has 0 radical (unpaired) electrons. The van der Waals surface area contributed by atoms with Crippen molar-refractivity contribution in [1.82, 2.24) is 21.6 Å². The van der Waals surface area contributed by atoms with E-state index in [1.807, 2.05) is 27.7 Å². The predicted molar refractivity (Wildman–Crippen MR) is 96.3 cm³/mol. The molecule has 0 aliphatic heterocycles. The normalized spacial score (nSPS) is 10.6. The van der Waals surface area contributed by atoms with Gasteiger partial charge < -0.3 is 5.32 Å². The number of amides is 3. The van der Waals surface area contributed by atoms with Crippen LogP contribution in [0.5, 0.6) is 0 Å². The van der Waals surface area contributed by atoms with Crippen LogP contribution in [0.1, 0.15) is 44.6 Å². The first-order valence-electron chi connectivity index (χ1n) is 7.84. The maximum atomic E-state index is 12.1. The van der Waals surface area contributed by atoms with Crippen LogP contribution in [0.15, 0.2) is 5.10 Å². The number of hydrogen-bond donors (Lipinski definition) is 4. The molecule has 0 bridgehead atoms. The van der Waals surface area contributed by atoms with E-state index in [1.54, 1.807) is 7.05 Å². The van der Waals surface area contributed by atoms with Crippen LogP contribution < -0.4 is 21.6 Å². The van der Waals surface area contributed by atoms with Crippen LogP contribution in [0.3, 0.4) is 0 Å². The summed E-state index contributed by atoms with van der Waals surface area (Å²) in [5.74, 6) is -1.10. The monoisotopic (exact) mass is 347 g/mol. The highest BCUT2D eigenvalue weighted by Crippen LogP contribution is 2.25. The van der Waals surface area contributed by atoms with Crippen molar-refractivity contribution in [3.63, 3.8) is 0 Å². The smallest absolute Gasteiger partial charge is 0.251 e. The van der Waals surface area contributed by atoms with Crippen LogP contribution in [0, 0.1) is 27.7 Å². The third-order valence-electron chi connectivity index (χ3n) is 4.11. The van der Waals surface area contributed by atoms with Crippen molar-refractivity contribution in [2.75, 3.05) is 14.1 Å². The number of nitrogens with one attached hydrogen (secondary N) is 4. The molecule has 0 saturated carbocycles. The largest absolute Gasteiger partial charge is 0.355 e. The van der Waals surface area contributed by atoms with E-state index < -0.39 is 11.8 Å². The second-order valence-corrected chi connectivity index (χ2v) is 5.64. The molecule has 0 aliphatic rings. The van der Waals surface area contributed by atoms with Gasteiger partial charge in [-0.25, -0.2) is 10.9 Å². The Balaban J connectivity index is 3.02. The van der Waals surface area contributed by atoms with Crippen molar-refractivity contribution in [1.29, 1.82) is 0 Å². The molecule has 25 heavy (non-hydrogen) atoms. The molecular formula is C17H25N5O3. The van der Waals surface area contributed by atoms with Crippen molar-refractivity contribution in [3.05, 3.63) is 33.4 Å². The zero-order valence-corrected chi connectivity index (χ0v) is 15.5. The van der Waals surface area contributed by atoms with E-state index in [2.05, 4.69) is 26.7 Å². The van der Waals surface area contributed by atoms with Gasteiger partial charge in [-0.3, -0.25) is 19.8 Å². The van der Waals surface area contributed by atoms with Crippen LogP contribution in [0.2, 0.25) is 0 Å². The number of hydrazone groups is 1. The van der Waals surface area contributed by atoms with Gasteiger partial charge in [0.1, 0.15) is 6.42 Å². The average molecular weight is 347 g/mol. The summed E-state index contributed by atoms with van der Waals surface area (Å²) in [5.41, 5.74) is 12.1. The fourth-order valence-corrected chi connectivity index (χ4v) is 2.54. The van der Waals surface area contributed by atoms with Crippen molar-refractivity contribution in [3.8, 4) is 0 Å². The number of nitrogens with zero attached hydrogens (tertiary/aromatic N) is 1. The average Bonchev–Trinajstić information content (AvgIpc) is 2.56. The maximum absolute atomic E-state index is 12.1. The fourth-order valence-electron chi connectivity index (χ4n) is 2.54. The molecule has 0 aliphatic carbocycles. The third kappa shape index (κ3) is 4.87. The van der Waals surface area contributed by atoms with E-state index in [-0.39, 0.29) is 12.3 Å². The van der Waals surface area contributed by atoms with Gasteiger partial charge in [-0.15, -0.1) is 0 Å². The lowest BCUT2D eigenvalue weighted by atomic mass is 9.89. The summed E-state index contributed by atoms with van der Waals surface area (Å²) in [5, 5.41) is 6.58. The lowest BCUT2D eigenvalue weighted by Gasteiger charge is -2.17. The standard InChI is InChI=1S/C17H25N5O3/c1-9-11(3)16(17(25)18-5)12(4)10(2)13(9)8-20-22-15(24)7-14(23)21-19-6/h8,19H,7H2,1-6H3,(H,18,25)(H,21,23)(H,22,24)/b20-8-. The van der Waals surface area contributed by atoms with Crippen molar-refractivity contribution in [2.45, 2.75) is 34.1 Å². The summed E-state index contributed by atoms with van der Waals surface area (Å²) < 4.78 is 0. The molecule has 4 N–H and O–H groups in total. The van der Waals surface area contributed by atoms with E-state index >= 15 is 0 Å². The Hall–Kier alpha value is -2.74. The van der Waals surface area contributed by atoms with Gasteiger partial charge in [0.15, 0.2) is 0 Å². The summed E-state index contributed by atoms with van der Waals surface area (Å²) in [7, 11) is 3.13. The molecule has 0 saturated heterocycles. The zero-order chi connectivity index (χ0) is 19.1. The Bertz CT molecular complexity index is 696. The van der Waals surface area contributed by atoms with Gasteiger partial charge in [0.05, 0.1) is 6.21 Å². The summed E-state index contributed by atoms with van der Waals surface area (Å²) in [6.45, 7) is 7.56. The number of rotatable bonds is 6. The Morgan fingerprint density at radius 3 is 1.96 bits per heavy atom. The number of carbonyl (C=O) groups excluding carboxylic acids is 3. The molecule has 136 valence electrons. The number of hydrazine groups is 1. The molecule has 0 atom stereocenters. The SMILES string of the molecule is CNNC(=O)CC(=O)N/N=C\c1c(C)c(C)c(C(=O)NC)c(C)c1C. The molecule has 8 heteroatoms. The summed E-state index contributed by atoms with van der Waals surface area (Å²) in [6.07, 6.45) is 1.20. The summed E-state index contributed by atoms with van der Waals surface area (Å²) >= 11 is 0. The Kier molecular flexibility index (Phi) is 7.25. The summed E-state index contributed by atoms with van der Waals surface area (Å²) in [4.78, 5) is 35.0. The molecule has 0 aromatic heterocycles. The van der Waals surface area contributed by atoms with Crippen molar-refractivity contribution >= 4 is 23.9 Å². The number of carbonyl (C=O) groups is 3. The first kappa shape index (κ1) is 20.3. The van der Waals surface area contributed by atoms with E-state index in [0.717, 1.165) is 27.8 Å². The van der Waals surface area contributed by atoms with Crippen LogP contribution in [-0.4, -0.2) is 38.0 Å². The first-order valence-corrected chi connectivity index (χ1v) is 7.84. The van der Waals surface area contributed by atoms with E-state index in [1.165, 1.54) is 13.3 Å². The first-order chi connectivity index (χ1) is 11.7. The van der Waals surface area contributed by atoms with Crippen molar-refractivity contribution in [2.24, 2.45) is 5.10 Å². The highest BCUT2D eigenvalue weighted by atomic mass is 16.2. The van der Waals surface area contributed by atoms with Crippen molar-refractivity contribution < 1.29 is 14.4 Å². The Morgan fingerprint density at radius 2 is 1.48 bits per heavy atom. The van der Waals surface area contributed by atoms with Gasteiger partial charge >= 0.3 is 0 Å². The Labute approximate surface area is 147 Å². The molecular weight excluding hydrogens is 322 g/mol. The predicted octanol–water partition coefficient (Wildman–Crippen LogP) is 0.371. The van der Waals surface area contributed by atoms with E-state index in [9.17, 15) is 14.4 Å². The second-order valence-electron chi connectivity index (χ2n) is 5.64. The summed E-state index contributed by atoms with van der Waals surface area (Å²) in [6, 6.07) is 0. The molecule has 0 unspecified atom stereocenters. The van der Waals surface area contributed by atoms with Crippen LogP contribution in [-0.2, 0) is 9.59 Å². The molecule has 0 fully saturated rings. The molecule has 1 aromatic rings. The molecule has 8 nitrogen and oxygen atoms in total. The maximum Gasteiger partial charge on any atom is 0.251 e. The quantitative estimate of drug-likeness (QED) is 0.338. The van der Waals surface area contributed by atoms with Gasteiger partial charge in [-0.05, 0) is 49.9 Å². The molecule has 1 aromatic carbocycles. The minimum absolute atomic E-state index is 0.131. The lowest BCUT2D eigenvalue weighted by Crippen LogP contribution is -2.37. The zero-order valence-electron chi connectivity index (χ0n) is 15.5. The van der Waals surface area contributed by atoms with Gasteiger partial charge in [0, 0.05) is 25.2 Å². The Morgan fingerprint density at radius 1 is 0.920 bits per heavy atom. The van der Waals surface area contributed by atoms with Gasteiger partial charge in [-0.2, -0.15) is 5.10 Å². The number of hydrogen-bond acceptors (Lipinski definition) is 5. The van der Waals surface area contributed by atoms with E-state index in [4.69, 9.17) is 0 Å². The minimum Gasteiger partial charge on any atom is -0.355 e. The molecule has 0 spiro atoms. The van der Waals surface area contributed by atoms with Gasteiger partial charge in [-0.1, -0.05) is 0 Å². The highest BCUT2D eigenvalue weighted by Gasteiger charge is 2.18. The van der Waals surface area contributed by atoms with Gasteiger partial charge in [0.25, 0.3) is 5.91 Å². The topological polar surface area (TPSA) is 112 Å². The molecule has 3 amide bonds. The van der Waals surface area contributed by atoms with Crippen LogP contribution >= 0.6 is 0 Å². The lowest BCUT2D eigenvalue weighted by molar-refractivity contribution is -0.129. The third-order valence-corrected chi connectivity index (χ3v) is 4.11. The number of benzene rings is 1. The minimum atomic E-state index is -0.519. The van der Waals surface area contributed by atoms with Crippen LogP contribution in [0.4, 0.5) is 0 Å². The molecule has 1 rings (SSSR count). The highest BCUT2D eigenvalue weighted by molar-refractivity contribution is 6.00.